The van der Waals surface area contributed by atoms with Crippen molar-refractivity contribution < 1.29 is 9.53 Å². The van der Waals surface area contributed by atoms with Gasteiger partial charge >= 0.3 is 5.97 Å². The topological polar surface area (TPSA) is 70.1 Å². The molecule has 0 aliphatic carbocycles. The Morgan fingerprint density at radius 3 is 2.88 bits per heavy atom. The molecule has 7 heteroatoms. The molecule has 0 spiro atoms. The van der Waals surface area contributed by atoms with Gasteiger partial charge in [0.2, 0.25) is 0 Å². The van der Waals surface area contributed by atoms with Crippen LogP contribution in [0.5, 0.6) is 0 Å². The highest BCUT2D eigenvalue weighted by Crippen LogP contribution is 2.24. The lowest BCUT2D eigenvalue weighted by molar-refractivity contribution is -0.145. The van der Waals surface area contributed by atoms with E-state index in [-0.39, 0.29) is 17.8 Å². The summed E-state index contributed by atoms with van der Waals surface area (Å²) >= 11 is 0. The minimum atomic E-state index is -0.145. The monoisotopic (exact) mass is 347 g/mol. The normalized spacial score (nSPS) is 20.5. The number of esters is 1. The molecule has 1 aliphatic rings. The maximum Gasteiger partial charge on any atom is 0.310 e. The smallest absolute Gasteiger partial charge is 0.310 e. The molecule has 1 saturated heterocycles. The molecule has 25 heavy (non-hydrogen) atoms. The summed E-state index contributed by atoms with van der Waals surface area (Å²) in [5.41, 5.74) is 1.07. The molecule has 1 aromatic heterocycles. The van der Waals surface area contributed by atoms with Gasteiger partial charge in [0.25, 0.3) is 0 Å². The van der Waals surface area contributed by atoms with E-state index in [0.717, 1.165) is 30.4 Å². The molecule has 0 radical (unpaired) electrons. The number of hydrogen-bond acceptors (Lipinski definition) is 5. The number of anilines is 1. The first kappa shape index (κ1) is 19.0. The van der Waals surface area contributed by atoms with Crippen molar-refractivity contribution in [1.29, 1.82) is 0 Å². The van der Waals surface area contributed by atoms with Crippen molar-refractivity contribution in [3.8, 4) is 0 Å². The predicted molar refractivity (Wildman–Crippen MR) is 99.6 cm³/mol. The number of nitrogens with zero attached hydrogens (tertiary/aromatic N) is 4. The van der Waals surface area contributed by atoms with E-state index in [0.29, 0.717) is 13.1 Å². The molecule has 1 fully saturated rings. The largest absolute Gasteiger partial charge is 0.469 e. The molecule has 2 heterocycles. The Hall–Kier alpha value is -2.31. The number of carbonyl (C=O) groups is 1. The third kappa shape index (κ3) is 4.61. The first-order chi connectivity index (χ1) is 12.0. The number of aromatic nitrogens is 1. The molecule has 0 amide bonds. The second-order valence-corrected chi connectivity index (χ2v) is 6.56. The van der Waals surface area contributed by atoms with Crippen molar-refractivity contribution in [2.24, 2.45) is 16.8 Å². The summed E-state index contributed by atoms with van der Waals surface area (Å²) in [6.45, 7) is 6.86. The maximum absolute atomic E-state index is 11.9. The van der Waals surface area contributed by atoms with Crippen LogP contribution in [0.25, 0.3) is 0 Å². The Bertz CT molecular complexity index is 617. The van der Waals surface area contributed by atoms with Crippen LogP contribution in [0.2, 0.25) is 0 Å². The predicted octanol–water partition coefficient (Wildman–Crippen LogP) is 1.35. The summed E-state index contributed by atoms with van der Waals surface area (Å²) in [5, 5.41) is 3.33. The van der Waals surface area contributed by atoms with Gasteiger partial charge in [-0.15, -0.1) is 0 Å². The van der Waals surface area contributed by atoms with Gasteiger partial charge < -0.3 is 19.9 Å². The van der Waals surface area contributed by atoms with Crippen LogP contribution in [0.15, 0.2) is 23.3 Å². The second-order valence-electron chi connectivity index (χ2n) is 6.56. The van der Waals surface area contributed by atoms with E-state index in [1.54, 1.807) is 6.20 Å². The summed E-state index contributed by atoms with van der Waals surface area (Å²) in [6, 6.07) is 3.97. The fourth-order valence-corrected chi connectivity index (χ4v) is 3.14. The second kappa shape index (κ2) is 8.69. The fraction of sp³-hybridized carbons (Fsp3) is 0.611. The highest BCUT2D eigenvalue weighted by molar-refractivity contribution is 5.82. The number of likely N-dealkylation sites (tertiary alicyclic amines) is 1. The zero-order chi connectivity index (χ0) is 18.4. The standard InChI is InChI=1S/C18H29N5O2/c1-6-19-18(23-11-13(2)15(12-23)17(24)25-5)21-10-14-8-7-9-20-16(14)22(3)4/h7-9,13,15H,6,10-12H2,1-5H3,(H,19,21). The molecular formula is C18H29N5O2. The van der Waals surface area contributed by atoms with E-state index in [9.17, 15) is 4.79 Å². The molecule has 0 bridgehead atoms. The van der Waals surface area contributed by atoms with Crippen molar-refractivity contribution >= 4 is 17.7 Å². The van der Waals surface area contributed by atoms with E-state index < -0.39 is 0 Å². The number of rotatable bonds is 5. The first-order valence-corrected chi connectivity index (χ1v) is 8.70. The number of methoxy groups -OCH3 is 1. The molecule has 2 atom stereocenters. The number of aliphatic imine (C=N–C) groups is 1. The van der Waals surface area contributed by atoms with Gasteiger partial charge in [-0.2, -0.15) is 0 Å². The van der Waals surface area contributed by atoms with Gasteiger partial charge in [0, 0.05) is 45.5 Å². The lowest BCUT2D eigenvalue weighted by atomic mass is 9.99. The van der Waals surface area contributed by atoms with Crippen molar-refractivity contribution in [3.63, 3.8) is 0 Å². The summed E-state index contributed by atoms with van der Waals surface area (Å²) in [6.07, 6.45) is 1.79. The van der Waals surface area contributed by atoms with Gasteiger partial charge in [0.15, 0.2) is 5.96 Å². The summed E-state index contributed by atoms with van der Waals surface area (Å²) in [7, 11) is 5.40. The van der Waals surface area contributed by atoms with Crippen molar-refractivity contribution in [1.82, 2.24) is 15.2 Å². The van der Waals surface area contributed by atoms with Crippen LogP contribution in [-0.4, -0.2) is 62.7 Å². The summed E-state index contributed by atoms with van der Waals surface area (Å²) < 4.78 is 4.92. The first-order valence-electron chi connectivity index (χ1n) is 8.70. The SMILES string of the molecule is CCNC(=NCc1cccnc1N(C)C)N1CC(C)C(C(=O)OC)C1. The Morgan fingerprint density at radius 1 is 1.48 bits per heavy atom. The van der Waals surface area contributed by atoms with E-state index in [4.69, 9.17) is 9.73 Å². The molecule has 2 rings (SSSR count). The van der Waals surface area contributed by atoms with Crippen molar-refractivity contribution in [3.05, 3.63) is 23.9 Å². The van der Waals surface area contributed by atoms with Gasteiger partial charge in [-0.3, -0.25) is 4.79 Å². The highest BCUT2D eigenvalue weighted by Gasteiger charge is 2.36. The minimum absolute atomic E-state index is 0.107. The van der Waals surface area contributed by atoms with Crippen molar-refractivity contribution in [2.75, 3.05) is 45.7 Å². The fourth-order valence-electron chi connectivity index (χ4n) is 3.14. The number of pyridine rings is 1. The lowest BCUT2D eigenvalue weighted by Crippen LogP contribution is -2.40. The van der Waals surface area contributed by atoms with Crippen molar-refractivity contribution in [2.45, 2.75) is 20.4 Å². The molecule has 1 aromatic rings. The number of ether oxygens (including phenoxy) is 1. The molecule has 0 aromatic carbocycles. The van der Waals surface area contributed by atoms with Gasteiger partial charge in [-0.05, 0) is 18.9 Å². The van der Waals surface area contributed by atoms with Crippen LogP contribution >= 0.6 is 0 Å². The molecule has 2 unspecified atom stereocenters. The van der Waals surface area contributed by atoms with Crippen LogP contribution in [-0.2, 0) is 16.1 Å². The molecule has 1 N–H and O–H groups in total. The summed E-state index contributed by atoms with van der Waals surface area (Å²) in [4.78, 5) is 25.3. The highest BCUT2D eigenvalue weighted by atomic mass is 16.5. The van der Waals surface area contributed by atoms with E-state index in [2.05, 4.69) is 22.1 Å². The van der Waals surface area contributed by atoms with E-state index in [1.807, 2.05) is 38.1 Å². The average Bonchev–Trinajstić information content (AvgIpc) is 2.99. The van der Waals surface area contributed by atoms with Crippen LogP contribution in [0.1, 0.15) is 19.4 Å². The van der Waals surface area contributed by atoms with Gasteiger partial charge in [-0.25, -0.2) is 9.98 Å². The van der Waals surface area contributed by atoms with Gasteiger partial charge in [-0.1, -0.05) is 13.0 Å². The zero-order valence-electron chi connectivity index (χ0n) is 15.8. The van der Waals surface area contributed by atoms with E-state index in [1.165, 1.54) is 7.11 Å². The number of nitrogens with one attached hydrogen (secondary N) is 1. The molecule has 1 aliphatic heterocycles. The third-order valence-electron chi connectivity index (χ3n) is 4.44. The maximum atomic E-state index is 11.9. The van der Waals surface area contributed by atoms with E-state index >= 15 is 0 Å². The number of guanidine groups is 1. The third-order valence-corrected chi connectivity index (χ3v) is 4.44. The van der Waals surface area contributed by atoms with Crippen LogP contribution in [0.3, 0.4) is 0 Å². The quantitative estimate of drug-likeness (QED) is 0.493. The Balaban J connectivity index is 2.16. The van der Waals surface area contributed by atoms with Crippen LogP contribution < -0.4 is 10.2 Å². The van der Waals surface area contributed by atoms with Gasteiger partial charge in [0.1, 0.15) is 5.82 Å². The van der Waals surface area contributed by atoms with Crippen LogP contribution in [0, 0.1) is 11.8 Å². The average molecular weight is 347 g/mol. The van der Waals surface area contributed by atoms with Gasteiger partial charge in [0.05, 0.1) is 19.6 Å². The lowest BCUT2D eigenvalue weighted by Gasteiger charge is -2.22. The molecule has 138 valence electrons. The number of carbonyl (C=O) groups excluding carboxylic acids is 1. The Kier molecular flexibility index (Phi) is 6.61. The Morgan fingerprint density at radius 2 is 2.24 bits per heavy atom. The molecule has 7 nitrogen and oxygen atoms in total. The molecular weight excluding hydrogens is 318 g/mol. The summed E-state index contributed by atoms with van der Waals surface area (Å²) in [5.74, 6) is 1.74. The number of hydrogen-bond donors (Lipinski definition) is 1. The zero-order valence-corrected chi connectivity index (χ0v) is 15.8. The van der Waals surface area contributed by atoms with Crippen LogP contribution in [0.4, 0.5) is 5.82 Å². The molecule has 0 saturated carbocycles. The Labute approximate surface area is 150 Å². The minimum Gasteiger partial charge on any atom is -0.469 e.